The maximum atomic E-state index is 5.12. The van der Waals surface area contributed by atoms with Crippen LogP contribution in [0.25, 0.3) is 11.1 Å². The Morgan fingerprint density at radius 1 is 1.00 bits per heavy atom. The summed E-state index contributed by atoms with van der Waals surface area (Å²) in [4.78, 5) is 0. The number of methoxy groups -OCH3 is 1. The fourth-order valence-electron chi connectivity index (χ4n) is 2.29. The molecule has 0 heterocycles. The third-order valence-corrected chi connectivity index (χ3v) is 3.44. The van der Waals surface area contributed by atoms with Crippen LogP contribution in [0.15, 0.2) is 48.5 Å². The summed E-state index contributed by atoms with van der Waals surface area (Å²) >= 11 is 0. The molecular formula is C18H23NO. The molecule has 0 bridgehead atoms. The molecule has 106 valence electrons. The van der Waals surface area contributed by atoms with E-state index >= 15 is 0 Å². The van der Waals surface area contributed by atoms with Gasteiger partial charge in [0.05, 0.1) is 6.61 Å². The predicted molar refractivity (Wildman–Crippen MR) is 84.8 cm³/mol. The zero-order chi connectivity index (χ0) is 14.2. The van der Waals surface area contributed by atoms with Gasteiger partial charge >= 0.3 is 0 Å². The fourth-order valence-corrected chi connectivity index (χ4v) is 2.29. The smallest absolute Gasteiger partial charge is 0.0502 e. The second kappa shape index (κ2) is 7.83. The van der Waals surface area contributed by atoms with E-state index < -0.39 is 0 Å². The lowest BCUT2D eigenvalue weighted by Crippen LogP contribution is -2.12. The van der Waals surface area contributed by atoms with E-state index in [9.17, 15) is 0 Å². The Hall–Kier alpha value is -1.64. The molecule has 2 nitrogen and oxygen atoms in total. The average molecular weight is 269 g/mol. The van der Waals surface area contributed by atoms with Crippen molar-refractivity contribution in [3.63, 3.8) is 0 Å². The van der Waals surface area contributed by atoms with Crippen molar-refractivity contribution in [3.8, 4) is 11.1 Å². The monoisotopic (exact) mass is 269 g/mol. The van der Waals surface area contributed by atoms with Gasteiger partial charge in [0, 0.05) is 13.7 Å². The quantitative estimate of drug-likeness (QED) is 0.828. The average Bonchev–Trinajstić information content (AvgIpc) is 2.52. The maximum Gasteiger partial charge on any atom is 0.0502 e. The first-order chi connectivity index (χ1) is 9.85. The van der Waals surface area contributed by atoms with Gasteiger partial charge in [-0.05, 0) is 35.2 Å². The third-order valence-electron chi connectivity index (χ3n) is 3.44. The number of hydrogen-bond donors (Lipinski definition) is 1. The molecule has 0 amide bonds. The molecule has 0 saturated heterocycles. The Morgan fingerprint density at radius 3 is 2.45 bits per heavy atom. The minimum Gasteiger partial charge on any atom is -0.384 e. The Labute approximate surface area is 121 Å². The Kier molecular flexibility index (Phi) is 5.78. The Morgan fingerprint density at radius 2 is 1.75 bits per heavy atom. The molecule has 0 aliphatic heterocycles. The standard InChI is InChI=1S/C18H23NO/c1-3-19-14-17-6-4-5-7-18(17)16-10-8-15(9-11-16)12-13-20-2/h4-11,19H,3,12-14H2,1-2H3. The number of benzene rings is 2. The second-order valence-corrected chi connectivity index (χ2v) is 4.88. The van der Waals surface area contributed by atoms with Crippen LogP contribution in [0, 0.1) is 0 Å². The fraction of sp³-hybridized carbons (Fsp3) is 0.333. The van der Waals surface area contributed by atoms with Crippen LogP contribution in [-0.4, -0.2) is 20.3 Å². The maximum absolute atomic E-state index is 5.12. The minimum atomic E-state index is 0.774. The SMILES string of the molecule is CCNCc1ccccc1-c1ccc(CCOC)cc1. The number of ether oxygens (including phenoxy) is 1. The molecule has 0 radical (unpaired) electrons. The zero-order valence-corrected chi connectivity index (χ0v) is 12.4. The van der Waals surface area contributed by atoms with Gasteiger partial charge in [0.2, 0.25) is 0 Å². The minimum absolute atomic E-state index is 0.774. The summed E-state index contributed by atoms with van der Waals surface area (Å²) in [6.07, 6.45) is 0.968. The lowest BCUT2D eigenvalue weighted by atomic mass is 9.98. The predicted octanol–water partition coefficient (Wildman–Crippen LogP) is 3.65. The molecular weight excluding hydrogens is 246 g/mol. The van der Waals surface area contributed by atoms with Crippen molar-refractivity contribution < 1.29 is 4.74 Å². The van der Waals surface area contributed by atoms with Crippen LogP contribution >= 0.6 is 0 Å². The number of rotatable bonds is 7. The van der Waals surface area contributed by atoms with E-state index in [-0.39, 0.29) is 0 Å². The van der Waals surface area contributed by atoms with Crippen LogP contribution < -0.4 is 5.32 Å². The van der Waals surface area contributed by atoms with Gasteiger partial charge in [-0.25, -0.2) is 0 Å². The summed E-state index contributed by atoms with van der Waals surface area (Å²) in [7, 11) is 1.74. The molecule has 0 aromatic heterocycles. The van der Waals surface area contributed by atoms with E-state index in [1.807, 2.05) is 0 Å². The first-order valence-corrected chi connectivity index (χ1v) is 7.22. The van der Waals surface area contributed by atoms with E-state index in [0.717, 1.165) is 26.1 Å². The first-order valence-electron chi connectivity index (χ1n) is 7.22. The second-order valence-electron chi connectivity index (χ2n) is 4.88. The highest BCUT2D eigenvalue weighted by Crippen LogP contribution is 2.24. The van der Waals surface area contributed by atoms with Crippen molar-refractivity contribution in [2.24, 2.45) is 0 Å². The molecule has 0 atom stereocenters. The van der Waals surface area contributed by atoms with Gasteiger partial charge in [0.1, 0.15) is 0 Å². The molecule has 0 spiro atoms. The third kappa shape index (κ3) is 3.92. The highest BCUT2D eigenvalue weighted by Gasteiger charge is 2.04. The van der Waals surface area contributed by atoms with Gasteiger partial charge in [-0.1, -0.05) is 55.5 Å². The molecule has 0 fully saturated rings. The summed E-state index contributed by atoms with van der Waals surface area (Å²) in [6.45, 7) is 4.81. The van der Waals surface area contributed by atoms with Crippen LogP contribution in [-0.2, 0) is 17.7 Å². The van der Waals surface area contributed by atoms with E-state index in [0.29, 0.717) is 0 Å². The van der Waals surface area contributed by atoms with Crippen molar-refractivity contribution in [3.05, 3.63) is 59.7 Å². The van der Waals surface area contributed by atoms with Gasteiger partial charge in [0.25, 0.3) is 0 Å². The van der Waals surface area contributed by atoms with Crippen molar-refractivity contribution in [1.29, 1.82) is 0 Å². The van der Waals surface area contributed by atoms with Crippen molar-refractivity contribution >= 4 is 0 Å². The normalized spacial score (nSPS) is 10.7. The number of nitrogens with one attached hydrogen (secondary N) is 1. The molecule has 1 N–H and O–H groups in total. The van der Waals surface area contributed by atoms with Crippen molar-refractivity contribution in [1.82, 2.24) is 5.32 Å². The van der Waals surface area contributed by atoms with E-state index in [2.05, 4.69) is 60.8 Å². The molecule has 2 aromatic carbocycles. The largest absolute Gasteiger partial charge is 0.384 e. The van der Waals surface area contributed by atoms with Crippen molar-refractivity contribution in [2.75, 3.05) is 20.3 Å². The first kappa shape index (κ1) is 14.8. The molecule has 2 rings (SSSR count). The van der Waals surface area contributed by atoms with E-state index in [1.165, 1.54) is 22.3 Å². The number of hydrogen-bond acceptors (Lipinski definition) is 2. The molecule has 2 heteroatoms. The summed E-state index contributed by atoms with van der Waals surface area (Å²) in [6, 6.07) is 17.4. The van der Waals surface area contributed by atoms with Crippen LogP contribution in [0.4, 0.5) is 0 Å². The Bertz CT molecular complexity index is 519. The topological polar surface area (TPSA) is 21.3 Å². The van der Waals surface area contributed by atoms with Crippen LogP contribution in [0.3, 0.4) is 0 Å². The molecule has 0 saturated carbocycles. The molecule has 20 heavy (non-hydrogen) atoms. The molecule has 0 unspecified atom stereocenters. The summed E-state index contributed by atoms with van der Waals surface area (Å²) < 4.78 is 5.12. The van der Waals surface area contributed by atoms with E-state index in [4.69, 9.17) is 4.74 Å². The highest BCUT2D eigenvalue weighted by molar-refractivity contribution is 5.67. The van der Waals surface area contributed by atoms with Gasteiger partial charge < -0.3 is 10.1 Å². The van der Waals surface area contributed by atoms with Gasteiger partial charge in [-0.15, -0.1) is 0 Å². The molecule has 2 aromatic rings. The summed E-state index contributed by atoms with van der Waals surface area (Å²) in [5.41, 5.74) is 5.25. The van der Waals surface area contributed by atoms with Crippen molar-refractivity contribution in [2.45, 2.75) is 19.9 Å². The summed E-state index contributed by atoms with van der Waals surface area (Å²) in [5.74, 6) is 0. The summed E-state index contributed by atoms with van der Waals surface area (Å²) in [5, 5.41) is 3.40. The molecule has 0 aliphatic carbocycles. The highest BCUT2D eigenvalue weighted by atomic mass is 16.5. The zero-order valence-electron chi connectivity index (χ0n) is 12.4. The Balaban J connectivity index is 2.18. The van der Waals surface area contributed by atoms with Gasteiger partial charge in [-0.2, -0.15) is 0 Å². The molecule has 0 aliphatic rings. The van der Waals surface area contributed by atoms with Crippen LogP contribution in [0.2, 0.25) is 0 Å². The van der Waals surface area contributed by atoms with Gasteiger partial charge in [-0.3, -0.25) is 0 Å². The van der Waals surface area contributed by atoms with Crippen LogP contribution in [0.5, 0.6) is 0 Å². The van der Waals surface area contributed by atoms with E-state index in [1.54, 1.807) is 7.11 Å². The lowest BCUT2D eigenvalue weighted by Gasteiger charge is -2.11. The van der Waals surface area contributed by atoms with Gasteiger partial charge in [0.15, 0.2) is 0 Å². The lowest BCUT2D eigenvalue weighted by molar-refractivity contribution is 0.202. The van der Waals surface area contributed by atoms with Crippen LogP contribution in [0.1, 0.15) is 18.1 Å².